The predicted molar refractivity (Wildman–Crippen MR) is 65.1 cm³/mol. The van der Waals surface area contributed by atoms with Crippen molar-refractivity contribution in [2.24, 2.45) is 5.73 Å². The third-order valence-corrected chi connectivity index (χ3v) is 2.57. The molecule has 1 nitrogen and oxygen atoms in total. The summed E-state index contributed by atoms with van der Waals surface area (Å²) in [5.41, 5.74) is 6.31. The van der Waals surface area contributed by atoms with Crippen LogP contribution in [0.1, 0.15) is 37.8 Å². The lowest BCUT2D eigenvalue weighted by Crippen LogP contribution is -2.12. The number of hydrogen-bond donors (Lipinski definition) is 1. The fourth-order valence-electron chi connectivity index (χ4n) is 1.43. The zero-order valence-corrected chi connectivity index (χ0v) is 10.2. The van der Waals surface area contributed by atoms with E-state index in [1.54, 1.807) is 12.1 Å². The molecule has 0 amide bonds. The molecule has 0 heterocycles. The van der Waals surface area contributed by atoms with E-state index < -0.39 is 0 Å². The topological polar surface area (TPSA) is 26.0 Å². The second kappa shape index (κ2) is 7.04. The molecule has 0 radical (unpaired) electrons. The van der Waals surface area contributed by atoms with Gasteiger partial charge in [0, 0.05) is 16.6 Å². The molecule has 4 heteroatoms. The summed E-state index contributed by atoms with van der Waals surface area (Å²) in [6.45, 7) is 2.08. The standard InChI is InChI=1S/C11H15ClFN.ClH/c1-2-3-7-10(14)11-8(12)5-4-6-9(11)13;/h4-6,10H,2-3,7,14H2,1H3;1H/t10-;/m0./s1. The zero-order valence-electron chi connectivity index (χ0n) is 8.67. The third-order valence-electron chi connectivity index (χ3n) is 2.24. The normalized spacial score (nSPS) is 12.0. The van der Waals surface area contributed by atoms with Crippen molar-refractivity contribution in [2.75, 3.05) is 0 Å². The molecule has 0 aromatic heterocycles. The molecule has 1 atom stereocenters. The molecule has 0 saturated carbocycles. The highest BCUT2D eigenvalue weighted by Gasteiger charge is 2.14. The van der Waals surface area contributed by atoms with Crippen LogP contribution in [-0.4, -0.2) is 0 Å². The summed E-state index contributed by atoms with van der Waals surface area (Å²) in [7, 11) is 0. The molecule has 86 valence electrons. The number of unbranched alkanes of at least 4 members (excludes halogenated alkanes) is 1. The molecule has 1 aromatic rings. The lowest BCUT2D eigenvalue weighted by molar-refractivity contribution is 0.548. The van der Waals surface area contributed by atoms with Gasteiger partial charge in [0.05, 0.1) is 0 Å². The molecule has 0 spiro atoms. The van der Waals surface area contributed by atoms with Crippen LogP contribution in [0, 0.1) is 5.82 Å². The first-order valence-corrected chi connectivity index (χ1v) is 5.24. The van der Waals surface area contributed by atoms with Crippen LogP contribution in [0.2, 0.25) is 5.02 Å². The van der Waals surface area contributed by atoms with Gasteiger partial charge in [-0.25, -0.2) is 4.39 Å². The molecular weight excluding hydrogens is 236 g/mol. The summed E-state index contributed by atoms with van der Waals surface area (Å²) in [6, 6.07) is 4.37. The van der Waals surface area contributed by atoms with E-state index in [1.807, 2.05) is 0 Å². The summed E-state index contributed by atoms with van der Waals surface area (Å²) in [5, 5.41) is 0.425. The Hall–Kier alpha value is -0.310. The largest absolute Gasteiger partial charge is 0.324 e. The first-order chi connectivity index (χ1) is 6.66. The van der Waals surface area contributed by atoms with Gasteiger partial charge in [-0.15, -0.1) is 12.4 Å². The Bertz CT molecular complexity index is 284. The van der Waals surface area contributed by atoms with Gasteiger partial charge in [0.15, 0.2) is 0 Å². The Morgan fingerprint density at radius 2 is 2.13 bits per heavy atom. The maximum absolute atomic E-state index is 13.4. The van der Waals surface area contributed by atoms with Crippen molar-refractivity contribution >= 4 is 24.0 Å². The molecule has 0 aliphatic carbocycles. The average Bonchev–Trinajstić information content (AvgIpc) is 2.14. The molecule has 2 N–H and O–H groups in total. The third kappa shape index (κ3) is 3.98. The Morgan fingerprint density at radius 3 is 2.67 bits per heavy atom. The van der Waals surface area contributed by atoms with Gasteiger partial charge >= 0.3 is 0 Å². The smallest absolute Gasteiger partial charge is 0.129 e. The van der Waals surface area contributed by atoms with Gasteiger partial charge in [-0.05, 0) is 18.6 Å². The predicted octanol–water partition coefficient (Wildman–Crippen LogP) is 4.09. The zero-order chi connectivity index (χ0) is 10.6. The van der Waals surface area contributed by atoms with Crippen molar-refractivity contribution in [1.82, 2.24) is 0 Å². The van der Waals surface area contributed by atoms with Gasteiger partial charge in [0.2, 0.25) is 0 Å². The van der Waals surface area contributed by atoms with Crippen LogP contribution in [0.5, 0.6) is 0 Å². The lowest BCUT2D eigenvalue weighted by Gasteiger charge is -2.13. The Labute approximate surface area is 101 Å². The van der Waals surface area contributed by atoms with Crippen LogP contribution in [0.3, 0.4) is 0 Å². The van der Waals surface area contributed by atoms with Crippen LogP contribution < -0.4 is 5.73 Å². The average molecular weight is 252 g/mol. The van der Waals surface area contributed by atoms with E-state index in [4.69, 9.17) is 17.3 Å². The van der Waals surface area contributed by atoms with Gasteiger partial charge in [-0.3, -0.25) is 0 Å². The second-order valence-electron chi connectivity index (χ2n) is 3.38. The van der Waals surface area contributed by atoms with Crippen molar-refractivity contribution in [3.8, 4) is 0 Å². The van der Waals surface area contributed by atoms with E-state index in [0.717, 1.165) is 19.3 Å². The highest BCUT2D eigenvalue weighted by atomic mass is 35.5. The number of halogens is 3. The van der Waals surface area contributed by atoms with Gasteiger partial charge < -0.3 is 5.73 Å². The van der Waals surface area contributed by atoms with Crippen LogP contribution in [0.25, 0.3) is 0 Å². The molecular formula is C11H16Cl2FN. The quantitative estimate of drug-likeness (QED) is 0.858. The van der Waals surface area contributed by atoms with Gasteiger partial charge in [0.25, 0.3) is 0 Å². The summed E-state index contributed by atoms with van der Waals surface area (Å²) in [6.07, 6.45) is 2.82. The maximum atomic E-state index is 13.4. The highest BCUT2D eigenvalue weighted by molar-refractivity contribution is 6.31. The van der Waals surface area contributed by atoms with Crippen molar-refractivity contribution in [3.63, 3.8) is 0 Å². The fraction of sp³-hybridized carbons (Fsp3) is 0.455. The summed E-state index contributed by atoms with van der Waals surface area (Å²) >= 11 is 5.88. The summed E-state index contributed by atoms with van der Waals surface area (Å²) in [4.78, 5) is 0. The maximum Gasteiger partial charge on any atom is 0.129 e. The monoisotopic (exact) mass is 251 g/mol. The van der Waals surface area contributed by atoms with Crippen molar-refractivity contribution in [1.29, 1.82) is 0 Å². The summed E-state index contributed by atoms with van der Waals surface area (Å²) < 4.78 is 13.4. The SMILES string of the molecule is CCCC[C@H](N)c1c(F)cccc1Cl.Cl. The molecule has 15 heavy (non-hydrogen) atoms. The van der Waals surface area contributed by atoms with E-state index in [-0.39, 0.29) is 24.3 Å². The molecule has 1 rings (SSSR count). The molecule has 1 aromatic carbocycles. The number of benzene rings is 1. The first kappa shape index (κ1) is 14.7. The van der Waals surface area contributed by atoms with E-state index in [1.165, 1.54) is 6.07 Å². The Morgan fingerprint density at radius 1 is 1.47 bits per heavy atom. The Balaban J connectivity index is 0.00000196. The highest BCUT2D eigenvalue weighted by Crippen LogP contribution is 2.27. The van der Waals surface area contributed by atoms with E-state index in [2.05, 4.69) is 6.92 Å². The van der Waals surface area contributed by atoms with E-state index in [9.17, 15) is 4.39 Å². The molecule has 0 unspecified atom stereocenters. The number of nitrogens with two attached hydrogens (primary N) is 1. The molecule has 0 fully saturated rings. The lowest BCUT2D eigenvalue weighted by atomic mass is 10.0. The molecule has 0 saturated heterocycles. The minimum Gasteiger partial charge on any atom is -0.324 e. The van der Waals surface area contributed by atoms with Crippen LogP contribution in [0.4, 0.5) is 4.39 Å². The van der Waals surface area contributed by atoms with Crippen LogP contribution in [-0.2, 0) is 0 Å². The fourth-order valence-corrected chi connectivity index (χ4v) is 1.74. The Kier molecular flexibility index (Phi) is 6.90. The molecule has 0 aliphatic heterocycles. The van der Waals surface area contributed by atoms with Gasteiger partial charge in [-0.1, -0.05) is 37.4 Å². The first-order valence-electron chi connectivity index (χ1n) is 4.86. The molecule has 0 bridgehead atoms. The van der Waals surface area contributed by atoms with Gasteiger partial charge in [-0.2, -0.15) is 0 Å². The minimum atomic E-state index is -0.305. The van der Waals surface area contributed by atoms with Crippen LogP contribution >= 0.6 is 24.0 Å². The number of rotatable bonds is 4. The second-order valence-corrected chi connectivity index (χ2v) is 3.79. The van der Waals surface area contributed by atoms with Crippen molar-refractivity contribution < 1.29 is 4.39 Å². The van der Waals surface area contributed by atoms with Gasteiger partial charge in [0.1, 0.15) is 5.82 Å². The van der Waals surface area contributed by atoms with Crippen molar-refractivity contribution in [2.45, 2.75) is 32.2 Å². The number of hydrogen-bond acceptors (Lipinski definition) is 1. The van der Waals surface area contributed by atoms with Crippen molar-refractivity contribution in [3.05, 3.63) is 34.6 Å². The minimum absolute atomic E-state index is 0. The molecule has 0 aliphatic rings. The van der Waals surface area contributed by atoms with Crippen LogP contribution in [0.15, 0.2) is 18.2 Å². The summed E-state index contributed by atoms with van der Waals surface area (Å²) in [5.74, 6) is -0.305. The van der Waals surface area contributed by atoms with E-state index >= 15 is 0 Å². The van der Waals surface area contributed by atoms with E-state index in [0.29, 0.717) is 10.6 Å².